The van der Waals surface area contributed by atoms with Crippen LogP contribution in [-0.4, -0.2) is 37.7 Å². The van der Waals surface area contributed by atoms with Gasteiger partial charge in [0.2, 0.25) is 5.91 Å². The van der Waals surface area contributed by atoms with Crippen LogP contribution in [0, 0.1) is 0 Å². The van der Waals surface area contributed by atoms with E-state index in [1.54, 1.807) is 6.92 Å². The predicted molar refractivity (Wildman–Crippen MR) is 99.5 cm³/mol. The minimum Gasteiger partial charge on any atom is -0.327 e. The van der Waals surface area contributed by atoms with Gasteiger partial charge in [0.25, 0.3) is 10.0 Å². The summed E-state index contributed by atoms with van der Waals surface area (Å²) in [5.74, 6) is -0.881. The lowest BCUT2D eigenvalue weighted by molar-refractivity contribution is -0.127. The first-order valence-electron chi connectivity index (χ1n) is 9.04. The van der Waals surface area contributed by atoms with Crippen LogP contribution in [0.25, 0.3) is 0 Å². The maximum absolute atomic E-state index is 12.4. The van der Waals surface area contributed by atoms with Crippen molar-refractivity contribution >= 4 is 27.6 Å². The summed E-state index contributed by atoms with van der Waals surface area (Å²) in [4.78, 5) is 24.9. The van der Waals surface area contributed by atoms with E-state index in [0.29, 0.717) is 0 Å². The molecule has 0 atom stereocenters. The van der Waals surface area contributed by atoms with Gasteiger partial charge in [-0.25, -0.2) is 17.9 Å². The van der Waals surface area contributed by atoms with Crippen LogP contribution in [0.2, 0.25) is 0 Å². The van der Waals surface area contributed by atoms with E-state index in [2.05, 4.69) is 11.4 Å². The van der Waals surface area contributed by atoms with Crippen molar-refractivity contribution in [1.82, 2.24) is 9.62 Å². The second-order valence-electron chi connectivity index (χ2n) is 6.91. The molecule has 1 aromatic rings. The molecule has 7 nitrogen and oxygen atoms in total. The number of benzene rings is 1. The molecule has 0 fully saturated rings. The van der Waals surface area contributed by atoms with Gasteiger partial charge in [0.1, 0.15) is 5.88 Å². The topological polar surface area (TPSA) is 95.6 Å². The molecule has 0 saturated heterocycles. The first kappa shape index (κ1) is 18.7. The van der Waals surface area contributed by atoms with Gasteiger partial charge >= 0.3 is 6.03 Å². The molecule has 142 valence electrons. The predicted octanol–water partition coefficient (Wildman–Crippen LogP) is 1.94. The van der Waals surface area contributed by atoms with Crippen molar-refractivity contribution in [3.05, 3.63) is 28.3 Å². The number of nitrogens with zero attached hydrogens (tertiary/aromatic N) is 1. The molecule has 0 unspecified atom stereocenters. The Kier molecular flexibility index (Phi) is 5.22. The quantitative estimate of drug-likeness (QED) is 0.817. The zero-order valence-electron chi connectivity index (χ0n) is 15.2. The standard InChI is InChI=1S/C18H25N3O4S/c1-3-21(12(2)22)11-26(24,25)20-18(23)19-17-15-8-4-6-13(15)10-14-7-5-9-16(14)17/h10H,3-9,11H2,1-2H3,(H2,19,20,23). The van der Waals surface area contributed by atoms with E-state index in [-0.39, 0.29) is 12.5 Å². The number of rotatable bonds is 5. The van der Waals surface area contributed by atoms with Crippen molar-refractivity contribution in [2.45, 2.75) is 52.4 Å². The third-order valence-electron chi connectivity index (χ3n) is 5.11. The Labute approximate surface area is 154 Å². The van der Waals surface area contributed by atoms with Crippen molar-refractivity contribution < 1.29 is 18.0 Å². The van der Waals surface area contributed by atoms with Crippen LogP contribution in [0.15, 0.2) is 6.07 Å². The first-order valence-corrected chi connectivity index (χ1v) is 10.7. The number of fused-ring (bicyclic) bond motifs is 2. The van der Waals surface area contributed by atoms with E-state index in [0.717, 1.165) is 60.2 Å². The highest BCUT2D eigenvalue weighted by Crippen LogP contribution is 2.38. The second-order valence-corrected chi connectivity index (χ2v) is 8.60. The average molecular weight is 379 g/mol. The summed E-state index contributed by atoms with van der Waals surface area (Å²) in [6.45, 7) is 3.25. The first-order chi connectivity index (χ1) is 12.3. The Bertz CT molecular complexity index is 816. The molecular weight excluding hydrogens is 354 g/mol. The highest BCUT2D eigenvalue weighted by molar-refractivity contribution is 7.90. The van der Waals surface area contributed by atoms with E-state index in [1.807, 2.05) is 4.72 Å². The largest absolute Gasteiger partial charge is 0.332 e. The third kappa shape index (κ3) is 3.85. The lowest BCUT2D eigenvalue weighted by atomic mass is 9.99. The van der Waals surface area contributed by atoms with E-state index < -0.39 is 21.9 Å². The number of amides is 3. The molecule has 2 aliphatic carbocycles. The second kappa shape index (κ2) is 7.26. The van der Waals surface area contributed by atoms with E-state index in [4.69, 9.17) is 0 Å². The van der Waals surface area contributed by atoms with Crippen LogP contribution < -0.4 is 10.0 Å². The number of hydrogen-bond acceptors (Lipinski definition) is 4. The number of anilines is 1. The molecule has 3 rings (SSSR count). The van der Waals surface area contributed by atoms with Crippen LogP contribution in [0.1, 0.15) is 48.9 Å². The molecule has 0 heterocycles. The summed E-state index contributed by atoms with van der Waals surface area (Å²) in [5.41, 5.74) is 5.59. The summed E-state index contributed by atoms with van der Waals surface area (Å²) in [6, 6.07) is 1.48. The Morgan fingerprint density at radius 2 is 1.65 bits per heavy atom. The SMILES string of the molecule is CCN(CS(=O)(=O)NC(=O)Nc1c2c(cc3c1CCC3)CCC2)C(C)=O. The Balaban J connectivity index is 1.76. The van der Waals surface area contributed by atoms with Gasteiger partial charge in [0.05, 0.1) is 0 Å². The average Bonchev–Trinajstić information content (AvgIpc) is 3.20. The minimum absolute atomic E-state index is 0.261. The summed E-state index contributed by atoms with van der Waals surface area (Å²) >= 11 is 0. The van der Waals surface area contributed by atoms with Gasteiger partial charge in [-0.05, 0) is 67.7 Å². The third-order valence-corrected chi connectivity index (χ3v) is 6.26. The maximum atomic E-state index is 12.4. The fourth-order valence-corrected chi connectivity index (χ4v) is 5.06. The normalized spacial score (nSPS) is 15.3. The molecule has 0 radical (unpaired) electrons. The van der Waals surface area contributed by atoms with Gasteiger partial charge in [-0.2, -0.15) is 0 Å². The lowest BCUT2D eigenvalue weighted by Crippen LogP contribution is -2.43. The molecule has 0 spiro atoms. The number of hydrogen-bond donors (Lipinski definition) is 2. The number of carbonyl (C=O) groups is 2. The van der Waals surface area contributed by atoms with Gasteiger partial charge in [-0.3, -0.25) is 4.79 Å². The molecule has 2 N–H and O–H groups in total. The van der Waals surface area contributed by atoms with Crippen LogP contribution in [0.3, 0.4) is 0 Å². The van der Waals surface area contributed by atoms with E-state index in [9.17, 15) is 18.0 Å². The number of sulfonamides is 1. The molecule has 1 aromatic carbocycles. The molecule has 2 aliphatic rings. The van der Waals surface area contributed by atoms with Crippen molar-refractivity contribution in [2.24, 2.45) is 0 Å². The summed E-state index contributed by atoms with van der Waals surface area (Å²) < 4.78 is 26.4. The minimum atomic E-state index is -3.94. The zero-order chi connectivity index (χ0) is 18.9. The lowest BCUT2D eigenvalue weighted by Gasteiger charge is -2.20. The molecule has 0 saturated carbocycles. The smallest absolute Gasteiger partial charge is 0.327 e. The summed E-state index contributed by atoms with van der Waals surface area (Å²) in [5, 5.41) is 2.79. The van der Waals surface area contributed by atoms with Gasteiger partial charge in [-0.15, -0.1) is 0 Å². The van der Waals surface area contributed by atoms with Crippen molar-refractivity contribution in [2.75, 3.05) is 17.7 Å². The highest BCUT2D eigenvalue weighted by atomic mass is 32.2. The Morgan fingerprint density at radius 3 is 2.15 bits per heavy atom. The Hall–Kier alpha value is -2.09. The molecule has 8 heteroatoms. The maximum Gasteiger partial charge on any atom is 0.332 e. The molecular formula is C18H25N3O4S. The molecule has 0 bridgehead atoms. The molecule has 3 amide bonds. The van der Waals surface area contributed by atoms with Gasteiger partial charge in [0.15, 0.2) is 0 Å². The van der Waals surface area contributed by atoms with Gasteiger partial charge in [0, 0.05) is 19.2 Å². The van der Waals surface area contributed by atoms with Crippen LogP contribution in [0.4, 0.5) is 10.5 Å². The van der Waals surface area contributed by atoms with Crippen LogP contribution in [0.5, 0.6) is 0 Å². The number of carbonyl (C=O) groups excluding carboxylic acids is 2. The zero-order valence-corrected chi connectivity index (χ0v) is 16.0. The van der Waals surface area contributed by atoms with Gasteiger partial charge in [-0.1, -0.05) is 6.07 Å². The monoisotopic (exact) mass is 379 g/mol. The molecule has 0 aliphatic heterocycles. The fraction of sp³-hybridized carbons (Fsp3) is 0.556. The molecule has 26 heavy (non-hydrogen) atoms. The summed E-state index contributed by atoms with van der Waals surface area (Å²) in [7, 11) is -3.94. The van der Waals surface area contributed by atoms with Crippen molar-refractivity contribution in [1.29, 1.82) is 0 Å². The van der Waals surface area contributed by atoms with Crippen LogP contribution >= 0.6 is 0 Å². The van der Waals surface area contributed by atoms with E-state index >= 15 is 0 Å². The summed E-state index contributed by atoms with van der Waals surface area (Å²) in [6.07, 6.45) is 5.91. The van der Waals surface area contributed by atoms with Gasteiger partial charge < -0.3 is 10.2 Å². The number of aryl methyl sites for hydroxylation is 2. The van der Waals surface area contributed by atoms with Crippen molar-refractivity contribution in [3.63, 3.8) is 0 Å². The number of urea groups is 1. The number of nitrogens with one attached hydrogen (secondary N) is 2. The highest BCUT2D eigenvalue weighted by Gasteiger charge is 2.26. The molecule has 0 aromatic heterocycles. The van der Waals surface area contributed by atoms with Crippen LogP contribution in [-0.2, 0) is 40.5 Å². The Morgan fingerprint density at radius 1 is 1.08 bits per heavy atom. The van der Waals surface area contributed by atoms with E-state index in [1.165, 1.54) is 18.1 Å². The van der Waals surface area contributed by atoms with Crippen molar-refractivity contribution in [3.8, 4) is 0 Å². The fourth-order valence-electron chi connectivity index (χ4n) is 3.89.